The van der Waals surface area contributed by atoms with Gasteiger partial charge in [-0.15, -0.1) is 0 Å². The van der Waals surface area contributed by atoms with Crippen molar-refractivity contribution in [2.75, 3.05) is 0 Å². The van der Waals surface area contributed by atoms with E-state index in [0.29, 0.717) is 4.80 Å². The standard InChI is InChI=1S/C2H2N6O4/c9-7(10)1-6-4-2(3-5-6)8(11)12/h1H2. The van der Waals surface area contributed by atoms with Gasteiger partial charge in [-0.3, -0.25) is 10.1 Å². The van der Waals surface area contributed by atoms with Crippen molar-refractivity contribution in [2.24, 2.45) is 0 Å². The molecule has 0 spiro atoms. The number of hydrogen-bond donors (Lipinski definition) is 0. The molecule has 10 heteroatoms. The molecule has 0 bridgehead atoms. The molecule has 0 radical (unpaired) electrons. The van der Waals surface area contributed by atoms with E-state index in [4.69, 9.17) is 0 Å². The second-order valence-electron chi connectivity index (χ2n) is 1.69. The smallest absolute Gasteiger partial charge is 0.390 e. The van der Waals surface area contributed by atoms with Crippen LogP contribution in [-0.4, -0.2) is 30.1 Å². The molecule has 0 fully saturated rings. The van der Waals surface area contributed by atoms with E-state index >= 15 is 0 Å². The molecule has 64 valence electrons. The first-order valence-corrected chi connectivity index (χ1v) is 2.63. The van der Waals surface area contributed by atoms with E-state index in [-0.39, 0.29) is 0 Å². The highest BCUT2D eigenvalue weighted by Gasteiger charge is 2.17. The third kappa shape index (κ3) is 1.68. The Morgan fingerprint density at radius 2 is 2.08 bits per heavy atom. The van der Waals surface area contributed by atoms with Crippen molar-refractivity contribution < 1.29 is 9.85 Å². The van der Waals surface area contributed by atoms with E-state index in [1.807, 2.05) is 0 Å². The Labute approximate surface area is 64.1 Å². The van der Waals surface area contributed by atoms with Crippen LogP contribution in [0.1, 0.15) is 0 Å². The fourth-order valence-electron chi connectivity index (χ4n) is 0.471. The molecule has 1 aromatic heterocycles. The van der Waals surface area contributed by atoms with E-state index in [0.717, 1.165) is 0 Å². The lowest BCUT2D eigenvalue weighted by atomic mass is 11.1. The van der Waals surface area contributed by atoms with Gasteiger partial charge in [0.15, 0.2) is 0 Å². The summed E-state index contributed by atoms with van der Waals surface area (Å²) < 4.78 is 0. The first-order valence-electron chi connectivity index (χ1n) is 2.63. The number of aromatic nitrogens is 4. The molecule has 0 aliphatic carbocycles. The Morgan fingerprint density at radius 1 is 1.42 bits per heavy atom. The summed E-state index contributed by atoms with van der Waals surface area (Å²) in [7, 11) is 0. The number of nitro groups is 2. The van der Waals surface area contributed by atoms with Gasteiger partial charge in [0.1, 0.15) is 0 Å². The molecule has 0 unspecified atom stereocenters. The van der Waals surface area contributed by atoms with Crippen molar-refractivity contribution in [3.63, 3.8) is 0 Å². The van der Waals surface area contributed by atoms with Gasteiger partial charge in [-0.2, -0.15) is 0 Å². The van der Waals surface area contributed by atoms with E-state index in [1.54, 1.807) is 0 Å². The fraction of sp³-hybridized carbons (Fsp3) is 0.500. The summed E-state index contributed by atoms with van der Waals surface area (Å²) in [5.41, 5.74) is 0. The second kappa shape index (κ2) is 2.86. The molecule has 0 aliphatic heterocycles. The lowest BCUT2D eigenvalue weighted by Crippen LogP contribution is -2.10. The van der Waals surface area contributed by atoms with Crippen molar-refractivity contribution in [3.05, 3.63) is 20.2 Å². The molecule has 10 nitrogen and oxygen atoms in total. The Hall–Kier alpha value is -2.13. The van der Waals surface area contributed by atoms with Crippen molar-refractivity contribution in [3.8, 4) is 0 Å². The molecule has 0 amide bonds. The largest absolute Gasteiger partial charge is 0.514 e. The average Bonchev–Trinajstić information content (AvgIpc) is 2.34. The van der Waals surface area contributed by atoms with Crippen molar-refractivity contribution in [1.29, 1.82) is 0 Å². The van der Waals surface area contributed by atoms with Gasteiger partial charge in [0.2, 0.25) is 0 Å². The van der Waals surface area contributed by atoms with Crippen LogP contribution in [0, 0.1) is 20.2 Å². The minimum absolute atomic E-state index is 0.526. The van der Waals surface area contributed by atoms with Crippen LogP contribution in [0.2, 0.25) is 0 Å². The number of rotatable bonds is 3. The predicted octanol–water partition coefficient (Wildman–Crippen LogP) is -1.18. The van der Waals surface area contributed by atoms with Crippen molar-refractivity contribution in [2.45, 2.75) is 6.67 Å². The van der Waals surface area contributed by atoms with Gasteiger partial charge in [0.05, 0.1) is 15.4 Å². The maximum absolute atomic E-state index is 9.96. The Morgan fingerprint density at radius 3 is 2.50 bits per heavy atom. The molecule has 0 saturated carbocycles. The first-order chi connectivity index (χ1) is 5.59. The molecule has 0 aliphatic rings. The maximum atomic E-state index is 9.96. The lowest BCUT2D eigenvalue weighted by molar-refractivity contribution is -0.518. The summed E-state index contributed by atoms with van der Waals surface area (Å²) >= 11 is 0. The average molecular weight is 174 g/mol. The summed E-state index contributed by atoms with van der Waals surface area (Å²) in [5, 5.41) is 28.9. The van der Waals surface area contributed by atoms with Gasteiger partial charge in [-0.05, 0) is 9.72 Å². The van der Waals surface area contributed by atoms with Crippen LogP contribution in [0.4, 0.5) is 5.95 Å². The van der Waals surface area contributed by atoms with Crippen LogP contribution >= 0.6 is 0 Å². The van der Waals surface area contributed by atoms with E-state index in [2.05, 4.69) is 15.4 Å². The van der Waals surface area contributed by atoms with Gasteiger partial charge in [-0.1, -0.05) is 0 Å². The summed E-state index contributed by atoms with van der Waals surface area (Å²) in [6.07, 6.45) is 0. The van der Waals surface area contributed by atoms with Gasteiger partial charge in [0, 0.05) is 4.92 Å². The summed E-state index contributed by atoms with van der Waals surface area (Å²) in [5.74, 6) is -0.753. The Kier molecular flexibility index (Phi) is 1.90. The third-order valence-corrected chi connectivity index (χ3v) is 0.848. The van der Waals surface area contributed by atoms with Crippen molar-refractivity contribution >= 4 is 5.95 Å². The normalized spacial score (nSPS) is 9.67. The molecular weight excluding hydrogens is 172 g/mol. The monoisotopic (exact) mass is 174 g/mol. The van der Waals surface area contributed by atoms with Gasteiger partial charge >= 0.3 is 12.6 Å². The van der Waals surface area contributed by atoms with Crippen molar-refractivity contribution in [1.82, 2.24) is 20.2 Å². The van der Waals surface area contributed by atoms with E-state index in [9.17, 15) is 20.2 Å². The summed E-state index contributed by atoms with van der Waals surface area (Å²) in [4.78, 5) is 18.7. The fourth-order valence-corrected chi connectivity index (χ4v) is 0.471. The Bertz CT molecular complexity index is 317. The topological polar surface area (TPSA) is 130 Å². The zero-order valence-electron chi connectivity index (χ0n) is 5.52. The zero-order chi connectivity index (χ0) is 9.14. The highest BCUT2D eigenvalue weighted by molar-refractivity contribution is 4.92. The molecule has 1 heterocycles. The summed E-state index contributed by atoms with van der Waals surface area (Å²) in [6.45, 7) is -0.735. The van der Waals surface area contributed by atoms with Crippen LogP contribution < -0.4 is 0 Å². The summed E-state index contributed by atoms with van der Waals surface area (Å²) in [6, 6.07) is 0. The minimum atomic E-state index is -0.885. The van der Waals surface area contributed by atoms with Crippen LogP contribution in [0.3, 0.4) is 0 Å². The van der Waals surface area contributed by atoms with E-state index in [1.165, 1.54) is 0 Å². The van der Waals surface area contributed by atoms with Crippen LogP contribution in [0.5, 0.6) is 0 Å². The molecule has 12 heavy (non-hydrogen) atoms. The quantitative estimate of drug-likeness (QED) is 0.416. The van der Waals surface area contributed by atoms with Crippen LogP contribution in [0.15, 0.2) is 0 Å². The highest BCUT2D eigenvalue weighted by Crippen LogP contribution is 1.95. The SMILES string of the molecule is O=[N+]([O-])Cn1nnc([N+](=O)[O-])n1. The van der Waals surface area contributed by atoms with Gasteiger partial charge < -0.3 is 10.1 Å². The molecule has 0 saturated heterocycles. The molecule has 0 aromatic carbocycles. The maximum Gasteiger partial charge on any atom is 0.514 e. The molecule has 0 atom stereocenters. The van der Waals surface area contributed by atoms with Gasteiger partial charge in [-0.25, -0.2) is 0 Å². The molecular formula is C2H2N6O4. The molecule has 1 aromatic rings. The predicted molar refractivity (Wildman–Crippen MR) is 31.5 cm³/mol. The molecule has 1 rings (SSSR count). The number of hydrogen-bond acceptors (Lipinski definition) is 7. The first kappa shape index (κ1) is 7.97. The second-order valence-corrected chi connectivity index (χ2v) is 1.69. The zero-order valence-corrected chi connectivity index (χ0v) is 5.52. The third-order valence-electron chi connectivity index (χ3n) is 0.848. The van der Waals surface area contributed by atoms with Crippen LogP contribution in [0.25, 0.3) is 0 Å². The number of tetrazole rings is 1. The van der Waals surface area contributed by atoms with Crippen LogP contribution in [-0.2, 0) is 6.67 Å². The van der Waals surface area contributed by atoms with E-state index < -0.39 is 22.5 Å². The minimum Gasteiger partial charge on any atom is -0.390 e. The lowest BCUT2D eigenvalue weighted by Gasteiger charge is -1.83. The number of nitrogens with zero attached hydrogens (tertiary/aromatic N) is 6. The highest BCUT2D eigenvalue weighted by atomic mass is 16.6. The molecule has 0 N–H and O–H groups in total. The Balaban J connectivity index is 2.77. The van der Waals surface area contributed by atoms with Gasteiger partial charge in [0.25, 0.3) is 0 Å².